The zero-order valence-electron chi connectivity index (χ0n) is 18.9. The van der Waals surface area contributed by atoms with Crippen LogP contribution in [0.3, 0.4) is 0 Å². The second kappa shape index (κ2) is 9.23. The molecule has 3 aromatic rings. The minimum Gasteiger partial charge on any atom is -0.410 e. The van der Waals surface area contributed by atoms with E-state index in [0.717, 1.165) is 25.0 Å². The summed E-state index contributed by atoms with van der Waals surface area (Å²) >= 11 is 1.26. The van der Waals surface area contributed by atoms with Crippen molar-refractivity contribution in [2.75, 3.05) is 19.8 Å². The first-order chi connectivity index (χ1) is 16.7. The first-order valence-corrected chi connectivity index (χ1v) is 12.1. The zero-order chi connectivity index (χ0) is 24.7. The van der Waals surface area contributed by atoms with Gasteiger partial charge in [-0.3, -0.25) is 14.3 Å². The van der Waals surface area contributed by atoms with Crippen LogP contribution in [0, 0.1) is 0 Å². The van der Waals surface area contributed by atoms with Gasteiger partial charge >= 0.3 is 12.3 Å². The molecule has 12 heteroatoms. The smallest absolute Gasteiger partial charge is 0.410 e. The van der Waals surface area contributed by atoms with Crippen LogP contribution in [0.2, 0.25) is 0 Å². The fourth-order valence-electron chi connectivity index (χ4n) is 4.59. The fourth-order valence-corrected chi connectivity index (χ4v) is 5.67. The Hall–Kier alpha value is -2.99. The van der Waals surface area contributed by atoms with Crippen LogP contribution in [0.25, 0.3) is 10.3 Å². The Morgan fingerprint density at radius 2 is 1.97 bits per heavy atom. The molecule has 2 aromatic heterocycles. The molecule has 0 bridgehead atoms. The van der Waals surface area contributed by atoms with E-state index in [1.807, 2.05) is 0 Å². The molecule has 0 unspecified atom stereocenters. The molecule has 0 N–H and O–H groups in total. The van der Waals surface area contributed by atoms with E-state index in [0.29, 0.717) is 48.3 Å². The second-order valence-corrected chi connectivity index (χ2v) is 9.68. The molecule has 186 valence electrons. The summed E-state index contributed by atoms with van der Waals surface area (Å²) in [6.45, 7) is 1.62. The first kappa shape index (κ1) is 23.7. The van der Waals surface area contributed by atoms with E-state index >= 15 is 0 Å². The normalized spacial score (nSPS) is 19.4. The number of hydrogen-bond donors (Lipinski definition) is 0. The van der Waals surface area contributed by atoms with Crippen LogP contribution >= 0.6 is 11.3 Å². The van der Waals surface area contributed by atoms with Gasteiger partial charge in [-0.15, -0.1) is 0 Å². The van der Waals surface area contributed by atoms with Crippen molar-refractivity contribution in [2.45, 2.75) is 43.8 Å². The summed E-state index contributed by atoms with van der Waals surface area (Å²) in [7, 11) is 1.69. The third kappa shape index (κ3) is 4.64. The van der Waals surface area contributed by atoms with E-state index < -0.39 is 23.9 Å². The van der Waals surface area contributed by atoms with Gasteiger partial charge in [0, 0.05) is 32.7 Å². The minimum absolute atomic E-state index is 0.127. The van der Waals surface area contributed by atoms with Crippen LogP contribution in [0.4, 0.5) is 18.0 Å². The highest BCUT2D eigenvalue weighted by atomic mass is 32.1. The lowest BCUT2D eigenvalue weighted by Crippen LogP contribution is -2.33. The average Bonchev–Trinajstić information content (AvgIpc) is 3.49. The number of ether oxygens (including phenoxy) is 2. The molecule has 2 fully saturated rings. The molecule has 1 amide bonds. The Balaban J connectivity index is 1.41. The van der Waals surface area contributed by atoms with Gasteiger partial charge in [0.2, 0.25) is 0 Å². The third-order valence-electron chi connectivity index (χ3n) is 6.42. The molecule has 2 aliphatic heterocycles. The average molecular weight is 509 g/mol. The van der Waals surface area contributed by atoms with Gasteiger partial charge in [0.05, 0.1) is 11.6 Å². The van der Waals surface area contributed by atoms with E-state index in [9.17, 15) is 22.8 Å². The number of aromatic nitrogens is 3. The van der Waals surface area contributed by atoms with Crippen molar-refractivity contribution >= 4 is 27.8 Å². The summed E-state index contributed by atoms with van der Waals surface area (Å²) in [6.07, 6.45) is -2.44. The molecule has 0 radical (unpaired) electrons. The summed E-state index contributed by atoms with van der Waals surface area (Å²) in [4.78, 5) is 37.1. The number of rotatable bonds is 3. The van der Waals surface area contributed by atoms with Gasteiger partial charge < -0.3 is 9.47 Å². The van der Waals surface area contributed by atoms with Crippen molar-refractivity contribution in [1.82, 2.24) is 19.4 Å². The number of halogens is 3. The van der Waals surface area contributed by atoms with Crippen molar-refractivity contribution in [2.24, 2.45) is 7.05 Å². The van der Waals surface area contributed by atoms with Crippen LogP contribution in [-0.2, 0) is 18.0 Å². The van der Waals surface area contributed by atoms with Gasteiger partial charge in [0.25, 0.3) is 5.56 Å². The highest BCUT2D eigenvalue weighted by molar-refractivity contribution is 7.18. The van der Waals surface area contributed by atoms with Crippen molar-refractivity contribution < 1.29 is 27.4 Å². The minimum atomic E-state index is -4.54. The Labute approximate surface area is 202 Å². The lowest BCUT2D eigenvalue weighted by molar-refractivity contribution is -0.137. The van der Waals surface area contributed by atoms with Gasteiger partial charge in [-0.25, -0.2) is 14.8 Å². The van der Waals surface area contributed by atoms with Crippen molar-refractivity contribution in [3.63, 3.8) is 0 Å². The molecule has 1 atom stereocenters. The van der Waals surface area contributed by atoms with Crippen LogP contribution in [0.15, 0.2) is 29.1 Å². The number of likely N-dealkylation sites (tertiary alicyclic amines) is 1. The molecule has 35 heavy (non-hydrogen) atoms. The summed E-state index contributed by atoms with van der Waals surface area (Å²) in [5.41, 5.74) is -0.884. The highest BCUT2D eigenvalue weighted by Crippen LogP contribution is 2.37. The van der Waals surface area contributed by atoms with Crippen molar-refractivity contribution in [3.05, 3.63) is 51.0 Å². The van der Waals surface area contributed by atoms with E-state index in [1.165, 1.54) is 32.9 Å². The van der Waals surface area contributed by atoms with Crippen molar-refractivity contribution in [1.29, 1.82) is 0 Å². The molecule has 2 aliphatic rings. The van der Waals surface area contributed by atoms with Gasteiger partial charge in [0.15, 0.2) is 10.3 Å². The topological polar surface area (TPSA) is 86.6 Å². The van der Waals surface area contributed by atoms with E-state index in [4.69, 9.17) is 14.5 Å². The fraction of sp³-hybridized carbons (Fsp3) is 0.478. The van der Waals surface area contributed by atoms with E-state index in [2.05, 4.69) is 4.98 Å². The van der Waals surface area contributed by atoms with E-state index in [-0.39, 0.29) is 22.7 Å². The number of amides is 1. The van der Waals surface area contributed by atoms with Crippen LogP contribution in [-0.4, -0.2) is 45.3 Å². The summed E-state index contributed by atoms with van der Waals surface area (Å²) in [5, 5.41) is 0.562. The van der Waals surface area contributed by atoms with Crippen LogP contribution in [0.1, 0.15) is 54.0 Å². The molecular formula is C23H23F3N4O4S. The lowest BCUT2D eigenvalue weighted by atomic mass is 9.99. The Morgan fingerprint density at radius 1 is 1.20 bits per heavy atom. The summed E-state index contributed by atoms with van der Waals surface area (Å²) < 4.78 is 51.2. The number of benzene rings is 1. The predicted molar refractivity (Wildman–Crippen MR) is 122 cm³/mol. The van der Waals surface area contributed by atoms with Crippen LogP contribution in [0.5, 0.6) is 5.75 Å². The highest BCUT2D eigenvalue weighted by Gasteiger charge is 2.35. The summed E-state index contributed by atoms with van der Waals surface area (Å²) in [5.74, 6) is 0.645. The Kier molecular flexibility index (Phi) is 6.26. The molecule has 0 saturated carbocycles. The third-order valence-corrected chi connectivity index (χ3v) is 7.47. The Bertz CT molecular complexity index is 1320. The number of fused-ring (bicyclic) bond motifs is 1. The maximum Gasteiger partial charge on any atom is 0.416 e. The molecule has 2 saturated heterocycles. The quantitative estimate of drug-likeness (QED) is 0.513. The molecule has 8 nitrogen and oxygen atoms in total. The Morgan fingerprint density at radius 3 is 2.71 bits per heavy atom. The standard InChI is InChI=1S/C23H23F3N4O4S/c1-29-18(13-7-10-33-11-8-13)28-20-17(21(29)31)27-19(35-20)16-6-3-9-30(16)22(32)34-15-5-2-4-14(12-15)23(24,25)26/h2,4-5,12-13,16H,3,6-11H2,1H3/t16-/m1/s1. The number of thiazole rings is 1. The SMILES string of the molecule is Cn1c(C2CCOCC2)nc2sc([C@H]3CCCN3C(=O)Oc3cccc(C(F)(F)F)c3)nc2c1=O. The molecule has 0 spiro atoms. The number of hydrogen-bond acceptors (Lipinski definition) is 7. The van der Waals surface area contributed by atoms with Crippen LogP contribution < -0.4 is 10.3 Å². The lowest BCUT2D eigenvalue weighted by Gasteiger charge is -2.22. The molecule has 0 aliphatic carbocycles. The zero-order valence-corrected chi connectivity index (χ0v) is 19.7. The van der Waals surface area contributed by atoms with Gasteiger partial charge in [0.1, 0.15) is 16.6 Å². The first-order valence-electron chi connectivity index (χ1n) is 11.3. The van der Waals surface area contributed by atoms with Gasteiger partial charge in [-0.05, 0) is 43.9 Å². The van der Waals surface area contributed by atoms with Crippen molar-refractivity contribution in [3.8, 4) is 5.75 Å². The number of carbonyl (C=O) groups is 1. The molecule has 5 rings (SSSR count). The molecule has 4 heterocycles. The predicted octanol–water partition coefficient (Wildman–Crippen LogP) is 4.64. The number of carbonyl (C=O) groups excluding carboxylic acids is 1. The summed E-state index contributed by atoms with van der Waals surface area (Å²) in [6, 6.07) is 3.77. The van der Waals surface area contributed by atoms with E-state index in [1.54, 1.807) is 7.05 Å². The number of nitrogens with zero attached hydrogens (tertiary/aromatic N) is 4. The monoisotopic (exact) mass is 508 g/mol. The second-order valence-electron chi connectivity index (χ2n) is 8.67. The molecular weight excluding hydrogens is 485 g/mol. The van der Waals surface area contributed by atoms with Gasteiger partial charge in [-0.2, -0.15) is 13.2 Å². The largest absolute Gasteiger partial charge is 0.416 e. The van der Waals surface area contributed by atoms with Gasteiger partial charge in [-0.1, -0.05) is 17.4 Å². The number of alkyl halides is 3. The maximum absolute atomic E-state index is 13.0. The molecule has 1 aromatic carbocycles. The maximum atomic E-state index is 13.0.